The van der Waals surface area contributed by atoms with Crippen LogP contribution in [0.25, 0.3) is 0 Å². The van der Waals surface area contributed by atoms with E-state index in [1.54, 1.807) is 0 Å². The summed E-state index contributed by atoms with van der Waals surface area (Å²) in [7, 11) is 2.25. The summed E-state index contributed by atoms with van der Waals surface area (Å²) in [6.07, 6.45) is 6.36. The molecule has 2 heterocycles. The Morgan fingerprint density at radius 1 is 1.18 bits per heavy atom. The molecule has 2 saturated heterocycles. The highest BCUT2D eigenvalue weighted by atomic mass is 16.2. The van der Waals surface area contributed by atoms with Crippen molar-refractivity contribution in [3.05, 3.63) is 0 Å². The van der Waals surface area contributed by atoms with Crippen molar-refractivity contribution in [2.75, 3.05) is 33.2 Å². The van der Waals surface area contributed by atoms with Crippen molar-refractivity contribution in [1.29, 1.82) is 0 Å². The Bertz CT molecular complexity index is 261. The molecule has 1 unspecified atom stereocenters. The smallest absolute Gasteiger partial charge is 0.236 e. The van der Waals surface area contributed by atoms with E-state index in [1.165, 1.54) is 25.8 Å². The molecule has 2 aliphatic rings. The molecule has 0 aliphatic carbocycles. The second-order valence-electron chi connectivity index (χ2n) is 5.47. The van der Waals surface area contributed by atoms with Crippen molar-refractivity contribution in [1.82, 2.24) is 9.80 Å². The first kappa shape index (κ1) is 12.8. The number of rotatable bonds is 2. The average Bonchev–Trinajstić information content (AvgIpc) is 2.39. The molecule has 0 bridgehead atoms. The standard InChI is InChI=1S/C13H25N3O/c1-15-7-3-2-4-12(15)11-5-8-16(9-6-11)13(17)10-14/h11-12H,2-10,14H2,1H3. The molecular weight excluding hydrogens is 214 g/mol. The van der Waals surface area contributed by atoms with Crippen LogP contribution in [0.1, 0.15) is 32.1 Å². The number of likely N-dealkylation sites (tertiary alicyclic amines) is 2. The maximum Gasteiger partial charge on any atom is 0.236 e. The number of hydrogen-bond acceptors (Lipinski definition) is 3. The minimum absolute atomic E-state index is 0.112. The molecule has 1 atom stereocenters. The molecule has 0 aromatic heterocycles. The van der Waals surface area contributed by atoms with Gasteiger partial charge in [0, 0.05) is 19.1 Å². The number of piperidine rings is 2. The van der Waals surface area contributed by atoms with Crippen molar-refractivity contribution in [3.8, 4) is 0 Å². The van der Waals surface area contributed by atoms with Crippen molar-refractivity contribution in [2.45, 2.75) is 38.1 Å². The Hall–Kier alpha value is -0.610. The zero-order valence-corrected chi connectivity index (χ0v) is 10.9. The molecule has 17 heavy (non-hydrogen) atoms. The molecule has 0 aromatic rings. The lowest BCUT2D eigenvalue weighted by Gasteiger charge is -2.42. The summed E-state index contributed by atoms with van der Waals surface area (Å²) in [5.74, 6) is 0.891. The van der Waals surface area contributed by atoms with E-state index in [4.69, 9.17) is 5.73 Å². The van der Waals surface area contributed by atoms with Crippen LogP contribution < -0.4 is 5.73 Å². The minimum Gasteiger partial charge on any atom is -0.342 e. The minimum atomic E-state index is 0.112. The first-order valence-corrected chi connectivity index (χ1v) is 6.90. The number of amides is 1. The van der Waals surface area contributed by atoms with E-state index in [-0.39, 0.29) is 12.5 Å². The maximum absolute atomic E-state index is 11.5. The van der Waals surface area contributed by atoms with E-state index in [1.807, 2.05) is 4.90 Å². The Balaban J connectivity index is 1.83. The molecular formula is C13H25N3O. The SMILES string of the molecule is CN1CCCCC1C1CCN(C(=O)CN)CC1. The molecule has 1 amide bonds. The lowest BCUT2D eigenvalue weighted by molar-refractivity contribution is -0.131. The summed E-state index contributed by atoms with van der Waals surface area (Å²) in [6.45, 7) is 3.22. The maximum atomic E-state index is 11.5. The number of nitrogens with two attached hydrogens (primary N) is 1. The fourth-order valence-corrected chi connectivity index (χ4v) is 3.36. The summed E-state index contributed by atoms with van der Waals surface area (Å²) in [5, 5.41) is 0. The van der Waals surface area contributed by atoms with Gasteiger partial charge in [-0.1, -0.05) is 6.42 Å². The van der Waals surface area contributed by atoms with Gasteiger partial charge in [0.05, 0.1) is 6.54 Å². The lowest BCUT2D eigenvalue weighted by atomic mass is 9.84. The summed E-state index contributed by atoms with van der Waals surface area (Å²) >= 11 is 0. The Labute approximate surface area is 104 Å². The first-order valence-electron chi connectivity index (χ1n) is 6.90. The molecule has 0 radical (unpaired) electrons. The van der Waals surface area contributed by atoms with Crippen molar-refractivity contribution < 1.29 is 4.79 Å². The van der Waals surface area contributed by atoms with E-state index in [2.05, 4.69) is 11.9 Å². The van der Waals surface area contributed by atoms with Crippen molar-refractivity contribution in [3.63, 3.8) is 0 Å². The van der Waals surface area contributed by atoms with Gasteiger partial charge in [0.25, 0.3) is 0 Å². The molecule has 4 heteroatoms. The van der Waals surface area contributed by atoms with Gasteiger partial charge >= 0.3 is 0 Å². The van der Waals surface area contributed by atoms with Crippen LogP contribution in [0.15, 0.2) is 0 Å². The van der Waals surface area contributed by atoms with Gasteiger partial charge in [0.15, 0.2) is 0 Å². The van der Waals surface area contributed by atoms with Gasteiger partial charge in [-0.2, -0.15) is 0 Å². The predicted molar refractivity (Wildman–Crippen MR) is 68.6 cm³/mol. The monoisotopic (exact) mass is 239 g/mol. The van der Waals surface area contributed by atoms with Gasteiger partial charge in [0.2, 0.25) is 5.91 Å². The quantitative estimate of drug-likeness (QED) is 0.770. The van der Waals surface area contributed by atoms with Gasteiger partial charge < -0.3 is 15.5 Å². The third-order valence-electron chi connectivity index (χ3n) is 4.44. The average molecular weight is 239 g/mol. The van der Waals surface area contributed by atoms with Crippen LogP contribution in [0.5, 0.6) is 0 Å². The normalized spacial score (nSPS) is 28.4. The lowest BCUT2D eigenvalue weighted by Crippen LogP contribution is -2.48. The van der Waals surface area contributed by atoms with Crippen LogP contribution in [0.2, 0.25) is 0 Å². The van der Waals surface area contributed by atoms with Crippen LogP contribution in [0.3, 0.4) is 0 Å². The van der Waals surface area contributed by atoms with Gasteiger partial charge in [-0.3, -0.25) is 4.79 Å². The molecule has 2 aliphatic heterocycles. The Morgan fingerprint density at radius 2 is 1.88 bits per heavy atom. The number of carbonyl (C=O) groups is 1. The van der Waals surface area contributed by atoms with Crippen molar-refractivity contribution >= 4 is 5.91 Å². The molecule has 4 nitrogen and oxygen atoms in total. The van der Waals surface area contributed by atoms with Gasteiger partial charge in [-0.05, 0) is 45.2 Å². The second-order valence-corrected chi connectivity index (χ2v) is 5.47. The van der Waals surface area contributed by atoms with E-state index in [0.29, 0.717) is 0 Å². The summed E-state index contributed by atoms with van der Waals surface area (Å²) in [5.41, 5.74) is 5.40. The Morgan fingerprint density at radius 3 is 2.47 bits per heavy atom. The van der Waals surface area contributed by atoms with Crippen LogP contribution >= 0.6 is 0 Å². The zero-order chi connectivity index (χ0) is 12.3. The summed E-state index contributed by atoms with van der Waals surface area (Å²) in [4.78, 5) is 16.0. The summed E-state index contributed by atoms with van der Waals surface area (Å²) in [6, 6.07) is 0.749. The van der Waals surface area contributed by atoms with Gasteiger partial charge in [0.1, 0.15) is 0 Å². The fraction of sp³-hybridized carbons (Fsp3) is 0.923. The largest absolute Gasteiger partial charge is 0.342 e. The molecule has 2 fully saturated rings. The highest BCUT2D eigenvalue weighted by molar-refractivity contribution is 5.78. The van der Waals surface area contributed by atoms with Crippen LogP contribution in [0, 0.1) is 5.92 Å². The third-order valence-corrected chi connectivity index (χ3v) is 4.44. The zero-order valence-electron chi connectivity index (χ0n) is 10.9. The third kappa shape index (κ3) is 2.99. The molecule has 98 valence electrons. The first-order chi connectivity index (χ1) is 8.22. The van der Waals surface area contributed by atoms with E-state index >= 15 is 0 Å². The molecule has 0 saturated carbocycles. The molecule has 0 aromatic carbocycles. The Kier molecular flexibility index (Phi) is 4.40. The highest BCUT2D eigenvalue weighted by Crippen LogP contribution is 2.29. The van der Waals surface area contributed by atoms with Crippen LogP contribution in [-0.4, -0.2) is 55.0 Å². The fourth-order valence-electron chi connectivity index (χ4n) is 3.36. The van der Waals surface area contributed by atoms with Gasteiger partial charge in [-0.25, -0.2) is 0 Å². The van der Waals surface area contributed by atoms with Crippen molar-refractivity contribution in [2.24, 2.45) is 11.7 Å². The number of carbonyl (C=O) groups excluding carboxylic acids is 1. The number of nitrogens with zero attached hydrogens (tertiary/aromatic N) is 2. The van der Waals surface area contributed by atoms with E-state index < -0.39 is 0 Å². The topological polar surface area (TPSA) is 49.6 Å². The molecule has 2 N–H and O–H groups in total. The van der Waals surface area contributed by atoms with E-state index in [0.717, 1.165) is 37.9 Å². The van der Waals surface area contributed by atoms with Crippen LogP contribution in [-0.2, 0) is 4.79 Å². The summed E-state index contributed by atoms with van der Waals surface area (Å²) < 4.78 is 0. The second kappa shape index (κ2) is 5.83. The molecule has 2 rings (SSSR count). The van der Waals surface area contributed by atoms with E-state index in [9.17, 15) is 4.79 Å². The number of hydrogen-bond donors (Lipinski definition) is 1. The van der Waals surface area contributed by atoms with Crippen LogP contribution in [0.4, 0.5) is 0 Å². The predicted octanol–water partition coefficient (Wildman–Crippen LogP) is 0.668. The van der Waals surface area contributed by atoms with Gasteiger partial charge in [-0.15, -0.1) is 0 Å². The highest BCUT2D eigenvalue weighted by Gasteiger charge is 2.31. The molecule has 0 spiro atoms.